The molecule has 0 saturated carbocycles. The summed E-state index contributed by atoms with van der Waals surface area (Å²) in [6, 6.07) is 5.95. The highest BCUT2D eigenvalue weighted by Crippen LogP contribution is 2.20. The van der Waals surface area contributed by atoms with E-state index in [0.29, 0.717) is 11.1 Å². The van der Waals surface area contributed by atoms with E-state index >= 15 is 0 Å². The molecule has 0 aliphatic rings. The van der Waals surface area contributed by atoms with Crippen molar-refractivity contribution in [1.29, 1.82) is 5.26 Å². The third kappa shape index (κ3) is 1.69. The number of benzene rings is 1. The lowest BCUT2D eigenvalue weighted by atomic mass is 10.1. The van der Waals surface area contributed by atoms with Gasteiger partial charge in [-0.1, -0.05) is 6.07 Å². The Morgan fingerprint density at radius 3 is 2.88 bits per heavy atom. The Balaban J connectivity index is 2.47. The predicted molar refractivity (Wildman–Crippen MR) is 53.4 cm³/mol. The van der Waals surface area contributed by atoms with E-state index in [-0.39, 0.29) is 5.58 Å². The van der Waals surface area contributed by atoms with Crippen LogP contribution in [0.25, 0.3) is 11.1 Å². The van der Waals surface area contributed by atoms with Crippen molar-refractivity contribution in [2.24, 2.45) is 0 Å². The average molecular weight is 220 g/mol. The smallest absolute Gasteiger partial charge is 0.408 e. The van der Waals surface area contributed by atoms with Gasteiger partial charge in [-0.15, -0.1) is 0 Å². The Morgan fingerprint density at radius 1 is 1.44 bits per heavy atom. The van der Waals surface area contributed by atoms with Gasteiger partial charge in [-0.2, -0.15) is 5.26 Å². The van der Waals surface area contributed by atoms with Gasteiger partial charge in [-0.3, -0.25) is 4.98 Å². The number of aliphatic hydroxyl groups excluding tert-OH is 2. The molecule has 0 radical (unpaired) electrons. The number of H-pyrrole nitrogens is 1. The highest BCUT2D eigenvalue weighted by molar-refractivity contribution is 5.72. The molecule has 0 saturated heterocycles. The van der Waals surface area contributed by atoms with Gasteiger partial charge in [0.15, 0.2) is 11.7 Å². The molecule has 82 valence electrons. The number of oxazole rings is 1. The Morgan fingerprint density at radius 2 is 2.19 bits per heavy atom. The normalized spacial score (nSPS) is 14.6. The summed E-state index contributed by atoms with van der Waals surface area (Å²) in [5.41, 5.74) is 1.07. The van der Waals surface area contributed by atoms with Crippen molar-refractivity contribution in [2.45, 2.75) is 12.2 Å². The second-order valence-electron chi connectivity index (χ2n) is 3.29. The van der Waals surface area contributed by atoms with Gasteiger partial charge in [0.25, 0.3) is 0 Å². The average Bonchev–Trinajstić information content (AvgIpc) is 2.65. The predicted octanol–water partition coefficient (Wildman–Crippen LogP) is 0.0390. The maximum absolute atomic E-state index is 10.9. The molecule has 0 amide bonds. The van der Waals surface area contributed by atoms with Crippen LogP contribution in [0.4, 0.5) is 0 Å². The van der Waals surface area contributed by atoms with Crippen LogP contribution in [0, 0.1) is 11.3 Å². The van der Waals surface area contributed by atoms with E-state index in [1.54, 1.807) is 0 Å². The first-order chi connectivity index (χ1) is 7.61. The Labute approximate surface area is 89.4 Å². The van der Waals surface area contributed by atoms with Crippen LogP contribution in [0.1, 0.15) is 11.7 Å². The summed E-state index contributed by atoms with van der Waals surface area (Å²) in [5, 5.41) is 27.1. The highest BCUT2D eigenvalue weighted by atomic mass is 16.4. The van der Waals surface area contributed by atoms with Crippen LogP contribution in [-0.4, -0.2) is 21.3 Å². The molecule has 0 aliphatic carbocycles. The molecule has 0 bridgehead atoms. The maximum atomic E-state index is 10.9. The molecular weight excluding hydrogens is 212 g/mol. The fraction of sp³-hybridized carbons (Fsp3) is 0.200. The minimum absolute atomic E-state index is 0.270. The van der Waals surface area contributed by atoms with Crippen molar-refractivity contribution in [3.8, 4) is 6.07 Å². The fourth-order valence-corrected chi connectivity index (χ4v) is 1.40. The van der Waals surface area contributed by atoms with E-state index in [0.717, 1.165) is 0 Å². The third-order valence-electron chi connectivity index (χ3n) is 2.22. The van der Waals surface area contributed by atoms with Crippen molar-refractivity contribution in [2.75, 3.05) is 0 Å². The molecule has 16 heavy (non-hydrogen) atoms. The molecule has 3 N–H and O–H groups in total. The maximum Gasteiger partial charge on any atom is 0.417 e. The highest BCUT2D eigenvalue weighted by Gasteiger charge is 2.18. The quantitative estimate of drug-likeness (QED) is 0.619. The number of rotatable bonds is 2. The molecule has 2 aromatic rings. The first-order valence-corrected chi connectivity index (χ1v) is 4.50. The zero-order valence-electron chi connectivity index (χ0n) is 8.04. The minimum atomic E-state index is -1.51. The molecule has 0 aliphatic heterocycles. The van der Waals surface area contributed by atoms with Gasteiger partial charge >= 0.3 is 5.76 Å². The number of fused-ring (bicyclic) bond motifs is 1. The molecule has 0 spiro atoms. The molecular formula is C10H8N2O4. The number of aromatic nitrogens is 1. The summed E-state index contributed by atoms with van der Waals surface area (Å²) in [7, 11) is 0. The fourth-order valence-electron chi connectivity index (χ4n) is 1.40. The van der Waals surface area contributed by atoms with Crippen molar-refractivity contribution in [1.82, 2.24) is 4.98 Å². The lowest BCUT2D eigenvalue weighted by molar-refractivity contribution is 0.0528. The van der Waals surface area contributed by atoms with E-state index in [1.807, 2.05) is 0 Å². The van der Waals surface area contributed by atoms with E-state index in [9.17, 15) is 9.90 Å². The summed E-state index contributed by atoms with van der Waals surface area (Å²) in [6.07, 6.45) is -2.84. The second-order valence-corrected chi connectivity index (χ2v) is 3.29. The minimum Gasteiger partial charge on any atom is -0.408 e. The third-order valence-corrected chi connectivity index (χ3v) is 2.22. The summed E-state index contributed by atoms with van der Waals surface area (Å²) >= 11 is 0. The number of aromatic amines is 1. The number of nitrogens with zero attached hydrogens (tertiary/aromatic N) is 1. The number of hydrogen-bond donors (Lipinski definition) is 3. The second kappa shape index (κ2) is 3.81. The topological polar surface area (TPSA) is 110 Å². The van der Waals surface area contributed by atoms with Crippen LogP contribution in [-0.2, 0) is 0 Å². The molecule has 1 aromatic carbocycles. The lowest BCUT2D eigenvalue weighted by Gasteiger charge is -2.11. The van der Waals surface area contributed by atoms with E-state index in [1.165, 1.54) is 24.3 Å². The van der Waals surface area contributed by atoms with Crippen molar-refractivity contribution in [3.05, 3.63) is 34.3 Å². The van der Waals surface area contributed by atoms with Gasteiger partial charge in [0.2, 0.25) is 0 Å². The molecule has 6 nitrogen and oxygen atoms in total. The van der Waals surface area contributed by atoms with Crippen LogP contribution in [0.3, 0.4) is 0 Å². The zero-order chi connectivity index (χ0) is 11.7. The molecule has 2 unspecified atom stereocenters. The van der Waals surface area contributed by atoms with E-state index in [4.69, 9.17) is 14.8 Å². The van der Waals surface area contributed by atoms with E-state index in [2.05, 4.69) is 4.98 Å². The first kappa shape index (κ1) is 10.4. The number of nitriles is 1. The standard InChI is InChI=1S/C10H8N2O4/c11-4-7(13)9(14)5-1-2-6-8(3-5)16-10(15)12-6/h1-3,7,9,13-14H,(H,12,15). The van der Waals surface area contributed by atoms with Crippen LogP contribution < -0.4 is 5.76 Å². The van der Waals surface area contributed by atoms with Gasteiger partial charge in [-0.25, -0.2) is 4.79 Å². The van der Waals surface area contributed by atoms with Crippen molar-refractivity contribution in [3.63, 3.8) is 0 Å². The molecule has 6 heteroatoms. The van der Waals surface area contributed by atoms with Gasteiger partial charge in [0.05, 0.1) is 11.6 Å². The lowest BCUT2D eigenvalue weighted by Crippen LogP contribution is -2.15. The van der Waals surface area contributed by atoms with Gasteiger partial charge in [0.1, 0.15) is 6.10 Å². The van der Waals surface area contributed by atoms with Crippen LogP contribution in [0.15, 0.2) is 27.4 Å². The monoisotopic (exact) mass is 220 g/mol. The van der Waals surface area contributed by atoms with Gasteiger partial charge < -0.3 is 14.6 Å². The van der Waals surface area contributed by atoms with Crippen LogP contribution in [0.2, 0.25) is 0 Å². The van der Waals surface area contributed by atoms with Crippen LogP contribution >= 0.6 is 0 Å². The molecule has 2 atom stereocenters. The van der Waals surface area contributed by atoms with E-state index < -0.39 is 18.0 Å². The number of aliphatic hydroxyl groups is 2. The Hall–Kier alpha value is -2.10. The van der Waals surface area contributed by atoms with Gasteiger partial charge in [-0.05, 0) is 17.7 Å². The molecule has 1 heterocycles. The molecule has 2 rings (SSSR count). The summed E-state index contributed by atoms with van der Waals surface area (Å²) in [6.45, 7) is 0. The zero-order valence-corrected chi connectivity index (χ0v) is 8.04. The SMILES string of the molecule is N#CC(O)C(O)c1ccc2[nH]c(=O)oc2c1. The largest absolute Gasteiger partial charge is 0.417 e. The summed E-state index contributed by atoms with van der Waals surface area (Å²) in [4.78, 5) is 13.3. The van der Waals surface area contributed by atoms with Crippen molar-refractivity contribution >= 4 is 11.1 Å². The van der Waals surface area contributed by atoms with Crippen LogP contribution in [0.5, 0.6) is 0 Å². The van der Waals surface area contributed by atoms with Gasteiger partial charge in [0, 0.05) is 0 Å². The molecule has 1 aromatic heterocycles. The summed E-state index contributed by atoms with van der Waals surface area (Å²) < 4.78 is 4.79. The Bertz CT molecular complexity index is 607. The molecule has 0 fully saturated rings. The summed E-state index contributed by atoms with van der Waals surface area (Å²) in [5.74, 6) is -0.595. The Kier molecular flexibility index (Phi) is 2.48. The first-order valence-electron chi connectivity index (χ1n) is 4.50. The van der Waals surface area contributed by atoms with Crippen molar-refractivity contribution < 1.29 is 14.6 Å². The number of hydrogen-bond acceptors (Lipinski definition) is 5. The number of nitrogens with one attached hydrogen (secondary N) is 1.